The smallest absolute Gasteiger partial charge is 0.452 e. The minimum absolute atomic E-state index is 0.0649. The number of nitrogens with one attached hydrogen (secondary N) is 2. The Bertz CT molecular complexity index is 2080. The van der Waals surface area contributed by atoms with Crippen molar-refractivity contribution in [2.45, 2.75) is 80.6 Å². The summed E-state index contributed by atoms with van der Waals surface area (Å²) >= 11 is 0. The lowest BCUT2D eigenvalue weighted by Gasteiger charge is -2.31. The summed E-state index contributed by atoms with van der Waals surface area (Å²) < 4.78 is 146. The fourth-order valence-corrected chi connectivity index (χ4v) is 8.16. The standard InChI is InChI=1S/C38H40F8N4O7S/c1-21(2)31(32(51)38(44,45)46)49-33(52)30-17-26(58(55,56)20-24-12-14-25(57-3)15-13-24)19-50(30)34(53)29(16-22-8-10-23(18-47)11-9-22)48-35(54)36(39,40)27-6-4-5-7-28(27)37(41,42)43/h4-15,21,26,29-31H,16-20,47H2,1-3H3,(H,48,54)(H,49,52)/t26-,29?,30+,31?/m1/s1. The average molecular weight is 849 g/mol. The van der Waals surface area contributed by atoms with Gasteiger partial charge in [-0.05, 0) is 47.2 Å². The molecule has 1 saturated heterocycles. The number of hydrogen-bond donors (Lipinski definition) is 3. The van der Waals surface area contributed by atoms with Crippen LogP contribution in [0.25, 0.3) is 0 Å². The van der Waals surface area contributed by atoms with Gasteiger partial charge in [-0.15, -0.1) is 0 Å². The Labute approximate surface area is 328 Å². The van der Waals surface area contributed by atoms with Gasteiger partial charge in [0.15, 0.2) is 9.84 Å². The van der Waals surface area contributed by atoms with Crippen molar-refractivity contribution in [1.82, 2.24) is 15.5 Å². The number of Topliss-reactive ketones (excluding diaryl/α,β-unsaturated/α-hetero) is 1. The number of hydrogen-bond acceptors (Lipinski definition) is 8. The van der Waals surface area contributed by atoms with E-state index < -0.39 is 117 Å². The fraction of sp³-hybridized carbons (Fsp3) is 0.421. The molecule has 11 nitrogen and oxygen atoms in total. The SMILES string of the molecule is COc1ccc(CS(=O)(=O)[C@@H]2C[C@@H](C(=O)NC(C(=O)C(F)(F)F)C(C)C)N(C(=O)C(Cc3ccc(CN)cc3)NC(=O)C(F)(F)c3ccccc3C(F)(F)F)C2)cc1. The molecule has 3 aromatic rings. The number of carbonyl (C=O) groups is 4. The van der Waals surface area contributed by atoms with Crippen LogP contribution in [0.2, 0.25) is 0 Å². The van der Waals surface area contributed by atoms with Crippen molar-refractivity contribution in [3.63, 3.8) is 0 Å². The molecule has 316 valence electrons. The molecule has 0 spiro atoms. The second-order valence-corrected chi connectivity index (χ2v) is 16.3. The van der Waals surface area contributed by atoms with Crippen LogP contribution in [-0.4, -0.2) is 80.0 Å². The molecule has 0 aliphatic carbocycles. The third-order valence-electron chi connectivity index (χ3n) is 9.57. The van der Waals surface area contributed by atoms with Crippen LogP contribution in [0.3, 0.4) is 0 Å². The second-order valence-electron chi connectivity index (χ2n) is 14.0. The molecule has 0 saturated carbocycles. The van der Waals surface area contributed by atoms with E-state index in [4.69, 9.17) is 10.5 Å². The third kappa shape index (κ3) is 10.7. The molecular weight excluding hydrogens is 808 g/mol. The Hall–Kier alpha value is -5.11. The maximum absolute atomic E-state index is 15.7. The van der Waals surface area contributed by atoms with Gasteiger partial charge in [-0.2, -0.15) is 35.1 Å². The van der Waals surface area contributed by atoms with E-state index in [9.17, 15) is 53.9 Å². The summed E-state index contributed by atoms with van der Waals surface area (Å²) in [5.74, 6) is -13.8. The largest absolute Gasteiger partial charge is 0.497 e. The first-order chi connectivity index (χ1) is 26.9. The predicted molar refractivity (Wildman–Crippen MR) is 193 cm³/mol. The third-order valence-corrected chi connectivity index (χ3v) is 11.7. The summed E-state index contributed by atoms with van der Waals surface area (Å²) in [4.78, 5) is 54.4. The minimum Gasteiger partial charge on any atom is -0.497 e. The highest BCUT2D eigenvalue weighted by molar-refractivity contribution is 7.91. The maximum atomic E-state index is 15.7. The molecule has 2 unspecified atom stereocenters. The monoisotopic (exact) mass is 848 g/mol. The molecule has 1 fully saturated rings. The molecule has 1 heterocycles. The van der Waals surface area contributed by atoms with Gasteiger partial charge in [0.25, 0.3) is 11.7 Å². The number of carbonyl (C=O) groups excluding carboxylic acids is 4. The topological polar surface area (TPSA) is 165 Å². The molecule has 0 bridgehead atoms. The summed E-state index contributed by atoms with van der Waals surface area (Å²) in [5.41, 5.74) is 3.07. The van der Waals surface area contributed by atoms with Crippen LogP contribution in [0.5, 0.6) is 5.75 Å². The van der Waals surface area contributed by atoms with E-state index in [0.717, 1.165) is 12.1 Å². The summed E-state index contributed by atoms with van der Waals surface area (Å²) in [6.07, 6.45) is -12.1. The van der Waals surface area contributed by atoms with Gasteiger partial charge < -0.3 is 26.0 Å². The number of likely N-dealkylation sites (tertiary alicyclic amines) is 1. The number of benzene rings is 3. The van der Waals surface area contributed by atoms with Gasteiger partial charge in [-0.3, -0.25) is 19.2 Å². The van der Waals surface area contributed by atoms with E-state index >= 15 is 8.78 Å². The highest BCUT2D eigenvalue weighted by Crippen LogP contribution is 2.40. The van der Waals surface area contributed by atoms with Crippen molar-refractivity contribution in [1.29, 1.82) is 0 Å². The molecule has 4 atom stereocenters. The van der Waals surface area contributed by atoms with Crippen molar-refractivity contribution in [2.24, 2.45) is 11.7 Å². The van der Waals surface area contributed by atoms with Crippen LogP contribution in [-0.2, 0) is 59.8 Å². The summed E-state index contributed by atoms with van der Waals surface area (Å²) in [5, 5.41) is 2.14. The van der Waals surface area contributed by atoms with Crippen LogP contribution in [0.4, 0.5) is 35.1 Å². The van der Waals surface area contributed by atoms with Crippen LogP contribution in [0.1, 0.15) is 48.1 Å². The first kappa shape index (κ1) is 45.6. The number of nitrogens with zero attached hydrogens (tertiary/aromatic N) is 1. The van der Waals surface area contributed by atoms with Gasteiger partial charge in [0, 0.05) is 25.1 Å². The fourth-order valence-electron chi connectivity index (χ4n) is 6.41. The Balaban J connectivity index is 1.77. The first-order valence-electron chi connectivity index (χ1n) is 17.6. The summed E-state index contributed by atoms with van der Waals surface area (Å²) in [6.45, 7) is 1.61. The molecule has 3 aromatic carbocycles. The Morgan fingerprint density at radius 2 is 1.38 bits per heavy atom. The van der Waals surface area contributed by atoms with Crippen LogP contribution in [0.15, 0.2) is 72.8 Å². The van der Waals surface area contributed by atoms with Crippen molar-refractivity contribution in [3.05, 3.63) is 101 Å². The van der Waals surface area contributed by atoms with Crippen LogP contribution >= 0.6 is 0 Å². The molecule has 4 N–H and O–H groups in total. The molecule has 0 radical (unpaired) electrons. The van der Waals surface area contributed by atoms with Gasteiger partial charge in [0.1, 0.15) is 17.8 Å². The Morgan fingerprint density at radius 1 is 0.828 bits per heavy atom. The number of methoxy groups -OCH3 is 1. The Kier molecular flexibility index (Phi) is 14.0. The predicted octanol–water partition coefficient (Wildman–Crippen LogP) is 4.85. The molecule has 58 heavy (non-hydrogen) atoms. The minimum atomic E-state index is -5.41. The zero-order valence-electron chi connectivity index (χ0n) is 31.2. The number of ketones is 1. The van der Waals surface area contributed by atoms with Gasteiger partial charge in [0.05, 0.1) is 29.7 Å². The summed E-state index contributed by atoms with van der Waals surface area (Å²) in [6, 6.07) is 7.67. The van der Waals surface area contributed by atoms with E-state index in [1.807, 2.05) is 5.32 Å². The molecule has 1 aliphatic heterocycles. The van der Waals surface area contributed by atoms with E-state index in [1.165, 1.54) is 69.5 Å². The normalized spacial score (nSPS) is 17.4. The van der Waals surface area contributed by atoms with E-state index in [0.29, 0.717) is 28.3 Å². The number of ether oxygens (including phenoxy) is 1. The van der Waals surface area contributed by atoms with Gasteiger partial charge in [-0.1, -0.05) is 68.4 Å². The van der Waals surface area contributed by atoms with Crippen molar-refractivity contribution < 1.29 is 67.5 Å². The number of amides is 3. The molecule has 20 heteroatoms. The lowest BCUT2D eigenvalue weighted by atomic mass is 9.98. The maximum Gasteiger partial charge on any atom is 0.452 e. The molecular formula is C38H40F8N4O7S. The van der Waals surface area contributed by atoms with E-state index in [2.05, 4.69) is 0 Å². The average Bonchev–Trinajstić information content (AvgIpc) is 3.63. The van der Waals surface area contributed by atoms with Gasteiger partial charge in [-0.25, -0.2) is 8.42 Å². The summed E-state index contributed by atoms with van der Waals surface area (Å²) in [7, 11) is -2.95. The highest BCUT2D eigenvalue weighted by Gasteiger charge is 2.52. The molecule has 0 aromatic heterocycles. The molecule has 4 rings (SSSR count). The van der Waals surface area contributed by atoms with Crippen molar-refractivity contribution in [2.75, 3.05) is 13.7 Å². The number of halogens is 8. The van der Waals surface area contributed by atoms with Crippen LogP contribution in [0, 0.1) is 5.92 Å². The molecule has 1 aliphatic rings. The lowest BCUT2D eigenvalue weighted by molar-refractivity contribution is -0.175. The lowest BCUT2D eigenvalue weighted by Crippen LogP contribution is -2.58. The van der Waals surface area contributed by atoms with Crippen molar-refractivity contribution >= 4 is 33.3 Å². The van der Waals surface area contributed by atoms with Gasteiger partial charge >= 0.3 is 18.3 Å². The number of alkyl halides is 8. The van der Waals surface area contributed by atoms with Gasteiger partial charge in [0.2, 0.25) is 11.8 Å². The zero-order chi connectivity index (χ0) is 43.4. The van der Waals surface area contributed by atoms with Crippen LogP contribution < -0.4 is 21.1 Å². The quantitative estimate of drug-likeness (QED) is 0.183. The van der Waals surface area contributed by atoms with Crippen molar-refractivity contribution in [3.8, 4) is 5.75 Å². The van der Waals surface area contributed by atoms with E-state index in [-0.39, 0.29) is 17.7 Å². The zero-order valence-corrected chi connectivity index (χ0v) is 32.0. The molecule has 3 amide bonds. The number of rotatable bonds is 15. The highest BCUT2D eigenvalue weighted by atomic mass is 32.2. The Morgan fingerprint density at radius 3 is 1.90 bits per heavy atom. The number of nitrogens with two attached hydrogens (primary N) is 1. The van der Waals surface area contributed by atoms with E-state index in [1.54, 1.807) is 5.32 Å². The first-order valence-corrected chi connectivity index (χ1v) is 19.3. The second kappa shape index (κ2) is 17.8. The number of sulfone groups is 1.